The van der Waals surface area contributed by atoms with Crippen molar-refractivity contribution in [1.82, 2.24) is 9.97 Å². The molecule has 94 valence electrons. The van der Waals surface area contributed by atoms with E-state index in [2.05, 4.69) is 15.3 Å². The molecule has 1 aliphatic carbocycles. The zero-order valence-electron chi connectivity index (χ0n) is 9.73. The molecule has 0 unspecified atom stereocenters. The molecule has 0 aliphatic heterocycles. The molecule has 1 heterocycles. The van der Waals surface area contributed by atoms with Crippen molar-refractivity contribution in [2.45, 2.75) is 31.2 Å². The van der Waals surface area contributed by atoms with E-state index in [1.165, 1.54) is 6.07 Å². The monoisotopic (exact) mass is 239 g/mol. The van der Waals surface area contributed by atoms with Crippen LogP contribution >= 0.6 is 0 Å². The number of aliphatic hydroxyl groups is 2. The summed E-state index contributed by atoms with van der Waals surface area (Å²) in [5.74, 6) is 1.42. The van der Waals surface area contributed by atoms with Gasteiger partial charge in [-0.3, -0.25) is 4.79 Å². The van der Waals surface area contributed by atoms with Crippen LogP contribution in [0.1, 0.15) is 31.5 Å². The maximum absolute atomic E-state index is 11.4. The van der Waals surface area contributed by atoms with E-state index in [1.807, 2.05) is 0 Å². The topological polar surface area (TPSA) is 98.2 Å². The highest BCUT2D eigenvalue weighted by atomic mass is 16.3. The zero-order valence-corrected chi connectivity index (χ0v) is 9.73. The number of aliphatic hydroxyl groups excluding tert-OH is 2. The summed E-state index contributed by atoms with van der Waals surface area (Å²) < 4.78 is 0. The summed E-state index contributed by atoms with van der Waals surface area (Å²) in [4.78, 5) is 18.4. The first kappa shape index (κ1) is 12.1. The maximum Gasteiger partial charge on any atom is 0.252 e. The van der Waals surface area contributed by atoms with Gasteiger partial charge in [0, 0.05) is 12.0 Å². The van der Waals surface area contributed by atoms with Gasteiger partial charge in [-0.05, 0) is 19.8 Å². The Kier molecular flexibility index (Phi) is 3.17. The molecule has 0 atom stereocenters. The molecule has 0 amide bonds. The average Bonchev–Trinajstić information content (AvgIpc) is 3.12. The second kappa shape index (κ2) is 4.46. The summed E-state index contributed by atoms with van der Waals surface area (Å²) in [5.41, 5.74) is -1.09. The van der Waals surface area contributed by atoms with Gasteiger partial charge in [-0.1, -0.05) is 0 Å². The minimum atomic E-state index is -0.873. The zero-order chi connectivity index (χ0) is 12.5. The highest BCUT2D eigenvalue weighted by Gasteiger charge is 2.28. The molecule has 2 rings (SSSR count). The number of nitrogens with zero attached hydrogens (tertiary/aromatic N) is 1. The Bertz CT molecular complexity index is 450. The SMILES string of the molecule is CC(CO)(CO)Nc1cc(=O)[nH]c(C2CC2)n1. The van der Waals surface area contributed by atoms with E-state index in [-0.39, 0.29) is 18.8 Å². The van der Waals surface area contributed by atoms with Crippen molar-refractivity contribution in [2.75, 3.05) is 18.5 Å². The van der Waals surface area contributed by atoms with E-state index in [1.54, 1.807) is 6.92 Å². The van der Waals surface area contributed by atoms with Gasteiger partial charge in [-0.2, -0.15) is 0 Å². The molecule has 4 N–H and O–H groups in total. The lowest BCUT2D eigenvalue weighted by atomic mass is 10.1. The molecule has 0 bridgehead atoms. The molecule has 0 saturated heterocycles. The van der Waals surface area contributed by atoms with Gasteiger partial charge in [0.25, 0.3) is 5.56 Å². The van der Waals surface area contributed by atoms with Gasteiger partial charge < -0.3 is 20.5 Å². The van der Waals surface area contributed by atoms with Crippen molar-refractivity contribution in [2.24, 2.45) is 0 Å². The highest BCUT2D eigenvalue weighted by Crippen LogP contribution is 2.37. The lowest BCUT2D eigenvalue weighted by Gasteiger charge is -2.26. The van der Waals surface area contributed by atoms with Gasteiger partial charge in [-0.25, -0.2) is 4.98 Å². The summed E-state index contributed by atoms with van der Waals surface area (Å²) in [6.45, 7) is 1.18. The fourth-order valence-electron chi connectivity index (χ4n) is 1.53. The lowest BCUT2D eigenvalue weighted by molar-refractivity contribution is 0.147. The average molecular weight is 239 g/mol. The fraction of sp³-hybridized carbons (Fsp3) is 0.636. The molecule has 1 fully saturated rings. The van der Waals surface area contributed by atoms with E-state index in [0.717, 1.165) is 12.8 Å². The highest BCUT2D eigenvalue weighted by molar-refractivity contribution is 5.37. The van der Waals surface area contributed by atoms with Crippen molar-refractivity contribution in [3.8, 4) is 0 Å². The normalized spacial score (nSPS) is 15.9. The van der Waals surface area contributed by atoms with Crippen LogP contribution in [0.2, 0.25) is 0 Å². The van der Waals surface area contributed by atoms with Crippen LogP contribution in [0.3, 0.4) is 0 Å². The Balaban J connectivity index is 2.23. The van der Waals surface area contributed by atoms with E-state index < -0.39 is 5.54 Å². The third kappa shape index (κ3) is 2.83. The molecule has 1 aliphatic rings. The molecule has 6 nitrogen and oxygen atoms in total. The van der Waals surface area contributed by atoms with Crippen LogP contribution in [0.5, 0.6) is 0 Å². The van der Waals surface area contributed by atoms with Crippen LogP contribution in [-0.4, -0.2) is 38.9 Å². The Labute approximate surface area is 98.7 Å². The first-order valence-electron chi connectivity index (χ1n) is 5.67. The third-order valence-electron chi connectivity index (χ3n) is 2.85. The summed E-state index contributed by atoms with van der Waals surface area (Å²) in [7, 11) is 0. The second-order valence-electron chi connectivity index (χ2n) is 4.79. The Morgan fingerprint density at radius 2 is 2.18 bits per heavy atom. The molecular weight excluding hydrogens is 222 g/mol. The molecule has 0 aromatic carbocycles. The van der Waals surface area contributed by atoms with E-state index in [9.17, 15) is 15.0 Å². The van der Waals surface area contributed by atoms with Gasteiger partial charge in [0.15, 0.2) is 0 Å². The van der Waals surface area contributed by atoms with Gasteiger partial charge in [0.05, 0.1) is 18.8 Å². The standard InChI is InChI=1S/C11H17N3O3/c1-11(5-15,6-16)14-8-4-9(17)13-10(12-8)7-2-3-7/h4,7,15-16H,2-3,5-6H2,1H3,(H2,12,13,14,17). The van der Waals surface area contributed by atoms with Gasteiger partial charge in [-0.15, -0.1) is 0 Å². The molecule has 1 saturated carbocycles. The number of hydrogen-bond donors (Lipinski definition) is 4. The second-order valence-corrected chi connectivity index (χ2v) is 4.79. The quantitative estimate of drug-likeness (QED) is 0.570. The van der Waals surface area contributed by atoms with Crippen molar-refractivity contribution in [3.05, 3.63) is 22.2 Å². The number of H-pyrrole nitrogens is 1. The van der Waals surface area contributed by atoms with Crippen molar-refractivity contribution >= 4 is 5.82 Å². The third-order valence-corrected chi connectivity index (χ3v) is 2.85. The Morgan fingerprint density at radius 1 is 1.53 bits per heavy atom. The number of nitrogens with one attached hydrogen (secondary N) is 2. The predicted molar refractivity (Wildman–Crippen MR) is 63.0 cm³/mol. The minimum Gasteiger partial charge on any atom is -0.394 e. The van der Waals surface area contributed by atoms with Crippen LogP contribution in [0.25, 0.3) is 0 Å². The predicted octanol–water partition coefficient (Wildman–Crippen LogP) is -0.198. The van der Waals surface area contributed by atoms with E-state index >= 15 is 0 Å². The van der Waals surface area contributed by atoms with Crippen LogP contribution in [0.15, 0.2) is 10.9 Å². The van der Waals surface area contributed by atoms with Crippen molar-refractivity contribution < 1.29 is 10.2 Å². The molecule has 6 heteroatoms. The van der Waals surface area contributed by atoms with E-state index in [0.29, 0.717) is 17.6 Å². The first-order valence-corrected chi connectivity index (χ1v) is 5.67. The van der Waals surface area contributed by atoms with Gasteiger partial charge in [0.2, 0.25) is 0 Å². The van der Waals surface area contributed by atoms with E-state index in [4.69, 9.17) is 0 Å². The molecule has 1 aromatic rings. The van der Waals surface area contributed by atoms with Crippen LogP contribution < -0.4 is 10.9 Å². The molecule has 0 radical (unpaired) electrons. The summed E-state index contributed by atoms with van der Waals surface area (Å²) in [6.07, 6.45) is 2.09. The van der Waals surface area contributed by atoms with Gasteiger partial charge >= 0.3 is 0 Å². The Hall–Kier alpha value is -1.40. The summed E-state index contributed by atoms with van der Waals surface area (Å²) >= 11 is 0. The molecule has 1 aromatic heterocycles. The number of anilines is 1. The first-order chi connectivity index (χ1) is 8.06. The smallest absolute Gasteiger partial charge is 0.252 e. The van der Waals surface area contributed by atoms with Crippen molar-refractivity contribution in [1.29, 1.82) is 0 Å². The van der Waals surface area contributed by atoms with Crippen molar-refractivity contribution in [3.63, 3.8) is 0 Å². The minimum absolute atomic E-state index is 0.220. The number of rotatable bonds is 5. The molecular formula is C11H17N3O3. The molecule has 0 spiro atoms. The summed E-state index contributed by atoms with van der Waals surface area (Å²) in [6, 6.07) is 1.33. The van der Waals surface area contributed by atoms with Crippen LogP contribution in [0, 0.1) is 0 Å². The number of hydrogen-bond acceptors (Lipinski definition) is 5. The maximum atomic E-state index is 11.4. The van der Waals surface area contributed by atoms with Crippen LogP contribution in [-0.2, 0) is 0 Å². The number of aromatic nitrogens is 2. The fourth-order valence-corrected chi connectivity index (χ4v) is 1.53. The largest absolute Gasteiger partial charge is 0.394 e. The summed E-state index contributed by atoms with van der Waals surface area (Å²) in [5, 5.41) is 21.2. The Morgan fingerprint density at radius 3 is 2.71 bits per heavy atom. The lowest BCUT2D eigenvalue weighted by Crippen LogP contribution is -2.43. The van der Waals surface area contributed by atoms with Crippen LogP contribution in [0.4, 0.5) is 5.82 Å². The number of aromatic amines is 1. The molecule has 17 heavy (non-hydrogen) atoms. The van der Waals surface area contributed by atoms with Gasteiger partial charge in [0.1, 0.15) is 11.6 Å².